The number of amides is 1. The van der Waals surface area contributed by atoms with Crippen molar-refractivity contribution < 1.29 is 14.7 Å². The molecule has 0 aliphatic carbocycles. The SMILES string of the molecule is O=C(Nc1ccc(Br)c(C(=O)O)c1)c1cn[nH]c1. The van der Waals surface area contributed by atoms with E-state index in [1.807, 2.05) is 0 Å². The van der Waals surface area contributed by atoms with Crippen LogP contribution in [0.4, 0.5) is 5.69 Å². The molecule has 1 heterocycles. The molecular weight excluding hydrogens is 302 g/mol. The summed E-state index contributed by atoms with van der Waals surface area (Å²) >= 11 is 3.13. The molecule has 0 saturated carbocycles. The number of aromatic carboxylic acids is 1. The van der Waals surface area contributed by atoms with Crippen molar-refractivity contribution in [1.82, 2.24) is 10.2 Å². The first-order chi connectivity index (χ1) is 8.58. The number of carboxylic acid groups (broad SMARTS) is 1. The number of carbonyl (C=O) groups is 2. The van der Waals surface area contributed by atoms with E-state index in [-0.39, 0.29) is 11.5 Å². The van der Waals surface area contributed by atoms with Crippen molar-refractivity contribution in [3.05, 3.63) is 46.2 Å². The molecule has 0 spiro atoms. The molecule has 7 heteroatoms. The molecule has 0 fully saturated rings. The molecule has 0 radical (unpaired) electrons. The second-order valence-electron chi connectivity index (χ2n) is 3.44. The van der Waals surface area contributed by atoms with E-state index in [2.05, 4.69) is 31.4 Å². The van der Waals surface area contributed by atoms with E-state index in [0.717, 1.165) is 0 Å². The Morgan fingerprint density at radius 2 is 2.17 bits per heavy atom. The summed E-state index contributed by atoms with van der Waals surface area (Å²) in [5.41, 5.74) is 0.858. The third-order valence-corrected chi connectivity index (χ3v) is 2.91. The number of carboxylic acids is 1. The Balaban J connectivity index is 2.22. The molecule has 2 aromatic rings. The lowest BCUT2D eigenvalue weighted by Gasteiger charge is -2.06. The maximum absolute atomic E-state index is 11.7. The highest BCUT2D eigenvalue weighted by Gasteiger charge is 2.11. The average Bonchev–Trinajstić information content (AvgIpc) is 2.85. The number of hydrogen-bond donors (Lipinski definition) is 3. The van der Waals surface area contributed by atoms with Crippen LogP contribution in [0, 0.1) is 0 Å². The van der Waals surface area contributed by atoms with Crippen LogP contribution in [0.1, 0.15) is 20.7 Å². The van der Waals surface area contributed by atoms with Crippen molar-refractivity contribution in [2.75, 3.05) is 5.32 Å². The molecule has 0 bridgehead atoms. The van der Waals surface area contributed by atoms with Crippen LogP contribution in [0.15, 0.2) is 35.1 Å². The predicted octanol–water partition coefficient (Wildman–Crippen LogP) is 2.12. The minimum absolute atomic E-state index is 0.0833. The lowest BCUT2D eigenvalue weighted by Crippen LogP contribution is -2.11. The van der Waals surface area contributed by atoms with Gasteiger partial charge in [-0.1, -0.05) is 0 Å². The normalized spacial score (nSPS) is 10.1. The van der Waals surface area contributed by atoms with Gasteiger partial charge in [-0.3, -0.25) is 9.89 Å². The van der Waals surface area contributed by atoms with Crippen molar-refractivity contribution in [3.8, 4) is 0 Å². The first-order valence-electron chi connectivity index (χ1n) is 4.91. The van der Waals surface area contributed by atoms with Crippen molar-refractivity contribution in [3.63, 3.8) is 0 Å². The Morgan fingerprint density at radius 3 is 2.78 bits per heavy atom. The lowest BCUT2D eigenvalue weighted by molar-refractivity contribution is 0.0695. The van der Waals surface area contributed by atoms with Crippen LogP contribution in [0.25, 0.3) is 0 Å². The number of carbonyl (C=O) groups excluding carboxylic acids is 1. The molecule has 1 aromatic heterocycles. The molecular formula is C11H8BrN3O3. The zero-order chi connectivity index (χ0) is 13.1. The van der Waals surface area contributed by atoms with E-state index < -0.39 is 5.97 Å². The zero-order valence-electron chi connectivity index (χ0n) is 8.98. The maximum Gasteiger partial charge on any atom is 0.336 e. The van der Waals surface area contributed by atoms with E-state index in [9.17, 15) is 9.59 Å². The van der Waals surface area contributed by atoms with Crippen LogP contribution in [-0.4, -0.2) is 27.2 Å². The highest BCUT2D eigenvalue weighted by molar-refractivity contribution is 9.10. The summed E-state index contributed by atoms with van der Waals surface area (Å²) in [6.45, 7) is 0. The van der Waals surface area contributed by atoms with Gasteiger partial charge in [0.1, 0.15) is 0 Å². The number of H-pyrrole nitrogens is 1. The molecule has 0 saturated heterocycles. The smallest absolute Gasteiger partial charge is 0.336 e. The Hall–Kier alpha value is -2.15. The molecule has 0 aliphatic rings. The molecule has 1 aromatic carbocycles. The van der Waals surface area contributed by atoms with E-state index in [1.54, 1.807) is 12.1 Å². The molecule has 0 aliphatic heterocycles. The van der Waals surface area contributed by atoms with Crippen LogP contribution >= 0.6 is 15.9 Å². The number of benzene rings is 1. The number of hydrogen-bond acceptors (Lipinski definition) is 3. The fourth-order valence-corrected chi connectivity index (χ4v) is 1.76. The fraction of sp³-hybridized carbons (Fsp3) is 0. The van der Waals surface area contributed by atoms with Crippen LogP contribution in [-0.2, 0) is 0 Å². The highest BCUT2D eigenvalue weighted by atomic mass is 79.9. The minimum Gasteiger partial charge on any atom is -0.478 e. The quantitative estimate of drug-likeness (QED) is 0.809. The van der Waals surface area contributed by atoms with Gasteiger partial charge >= 0.3 is 5.97 Å². The molecule has 0 atom stereocenters. The first-order valence-corrected chi connectivity index (χ1v) is 5.70. The number of anilines is 1. The average molecular weight is 310 g/mol. The van der Waals surface area contributed by atoms with Gasteiger partial charge in [0, 0.05) is 16.4 Å². The topological polar surface area (TPSA) is 95.1 Å². The van der Waals surface area contributed by atoms with Gasteiger partial charge in [0.05, 0.1) is 17.3 Å². The van der Waals surface area contributed by atoms with E-state index >= 15 is 0 Å². The summed E-state index contributed by atoms with van der Waals surface area (Å²) in [7, 11) is 0. The summed E-state index contributed by atoms with van der Waals surface area (Å²) in [5, 5.41) is 17.7. The van der Waals surface area contributed by atoms with Gasteiger partial charge in [0.15, 0.2) is 0 Å². The molecule has 92 valence electrons. The van der Waals surface area contributed by atoms with Gasteiger partial charge in [-0.15, -0.1) is 0 Å². The maximum atomic E-state index is 11.7. The van der Waals surface area contributed by atoms with Gasteiger partial charge < -0.3 is 10.4 Å². The largest absolute Gasteiger partial charge is 0.478 e. The number of halogens is 1. The lowest BCUT2D eigenvalue weighted by atomic mass is 10.2. The number of rotatable bonds is 3. The van der Waals surface area contributed by atoms with Crippen molar-refractivity contribution >= 4 is 33.5 Å². The van der Waals surface area contributed by atoms with Crippen molar-refractivity contribution in [2.24, 2.45) is 0 Å². The Bertz CT molecular complexity index is 596. The van der Waals surface area contributed by atoms with E-state index in [4.69, 9.17) is 5.11 Å². The summed E-state index contributed by atoms with van der Waals surface area (Å²) in [5.74, 6) is -1.43. The minimum atomic E-state index is -1.07. The number of aromatic amines is 1. The Morgan fingerprint density at radius 1 is 1.39 bits per heavy atom. The van der Waals surface area contributed by atoms with Gasteiger partial charge in [-0.25, -0.2) is 4.79 Å². The van der Waals surface area contributed by atoms with E-state index in [0.29, 0.717) is 15.7 Å². The molecule has 1 amide bonds. The predicted molar refractivity (Wildman–Crippen MR) is 67.6 cm³/mol. The zero-order valence-corrected chi connectivity index (χ0v) is 10.6. The second kappa shape index (κ2) is 5.01. The van der Waals surface area contributed by atoms with Crippen molar-refractivity contribution in [1.29, 1.82) is 0 Å². The van der Waals surface area contributed by atoms with Crippen LogP contribution in [0.5, 0.6) is 0 Å². The molecule has 18 heavy (non-hydrogen) atoms. The van der Waals surface area contributed by atoms with Crippen LogP contribution < -0.4 is 5.32 Å². The fourth-order valence-electron chi connectivity index (χ4n) is 1.35. The number of nitrogens with one attached hydrogen (secondary N) is 2. The van der Waals surface area contributed by atoms with Gasteiger partial charge in [-0.2, -0.15) is 5.10 Å². The molecule has 2 rings (SSSR count). The number of nitrogens with zero attached hydrogens (tertiary/aromatic N) is 1. The Labute approximate surface area is 110 Å². The standard InChI is InChI=1S/C11H8BrN3O3/c12-9-2-1-7(3-8(9)11(17)18)15-10(16)6-4-13-14-5-6/h1-5H,(H,13,14)(H,15,16)(H,17,18). The summed E-state index contributed by atoms with van der Waals surface area (Å²) < 4.78 is 0.455. The summed E-state index contributed by atoms with van der Waals surface area (Å²) in [4.78, 5) is 22.6. The number of aromatic nitrogens is 2. The molecule has 3 N–H and O–H groups in total. The third kappa shape index (κ3) is 2.57. The van der Waals surface area contributed by atoms with Crippen LogP contribution in [0.3, 0.4) is 0 Å². The Kier molecular flexibility index (Phi) is 3.42. The molecule has 6 nitrogen and oxygen atoms in total. The molecule has 0 unspecified atom stereocenters. The van der Waals surface area contributed by atoms with Gasteiger partial charge in [-0.05, 0) is 34.1 Å². The van der Waals surface area contributed by atoms with Crippen molar-refractivity contribution in [2.45, 2.75) is 0 Å². The first kappa shape index (κ1) is 12.3. The highest BCUT2D eigenvalue weighted by Crippen LogP contribution is 2.21. The third-order valence-electron chi connectivity index (χ3n) is 2.22. The summed E-state index contributed by atoms with van der Waals surface area (Å²) in [6.07, 6.45) is 2.83. The van der Waals surface area contributed by atoms with E-state index in [1.165, 1.54) is 18.5 Å². The van der Waals surface area contributed by atoms with Gasteiger partial charge in [0.2, 0.25) is 0 Å². The monoisotopic (exact) mass is 309 g/mol. The summed E-state index contributed by atoms with van der Waals surface area (Å²) in [6, 6.07) is 4.55. The van der Waals surface area contributed by atoms with Crippen LogP contribution in [0.2, 0.25) is 0 Å². The second-order valence-corrected chi connectivity index (χ2v) is 4.30. The van der Waals surface area contributed by atoms with Gasteiger partial charge in [0.25, 0.3) is 5.91 Å².